The van der Waals surface area contributed by atoms with Crippen LogP contribution >= 0.6 is 0 Å². The predicted octanol–water partition coefficient (Wildman–Crippen LogP) is 1.20. The fraction of sp³-hybridized carbons (Fsp3) is 0.733. The van der Waals surface area contributed by atoms with Gasteiger partial charge in [-0.25, -0.2) is 0 Å². The molecule has 5 heteroatoms. The van der Waals surface area contributed by atoms with Gasteiger partial charge in [0, 0.05) is 31.2 Å². The molecule has 20 heavy (non-hydrogen) atoms. The van der Waals surface area contributed by atoms with E-state index < -0.39 is 0 Å². The highest BCUT2D eigenvalue weighted by Crippen LogP contribution is 2.27. The fourth-order valence-electron chi connectivity index (χ4n) is 3.06. The maximum Gasteiger partial charge on any atom is 0.156 e. The minimum absolute atomic E-state index is 0.546. The van der Waals surface area contributed by atoms with Crippen molar-refractivity contribution in [1.29, 1.82) is 0 Å². The van der Waals surface area contributed by atoms with Gasteiger partial charge in [-0.2, -0.15) is 5.10 Å². The summed E-state index contributed by atoms with van der Waals surface area (Å²) in [6, 6.07) is 0.596. The Hall–Kier alpha value is -1.20. The summed E-state index contributed by atoms with van der Waals surface area (Å²) in [5, 5.41) is 8.91. The lowest BCUT2D eigenvalue weighted by molar-refractivity contribution is 0.315. The molecule has 1 aromatic heterocycles. The molecular formula is C15H27N5. The molecule has 1 fully saturated rings. The summed E-state index contributed by atoms with van der Waals surface area (Å²) >= 11 is 0. The van der Waals surface area contributed by atoms with Crippen LogP contribution in [0.15, 0.2) is 0 Å². The lowest BCUT2D eigenvalue weighted by Crippen LogP contribution is -2.32. The number of aryl methyl sites for hydroxylation is 1. The second-order valence-corrected chi connectivity index (χ2v) is 5.69. The Morgan fingerprint density at radius 2 is 1.95 bits per heavy atom. The summed E-state index contributed by atoms with van der Waals surface area (Å²) in [6.07, 6.45) is 3.07. The summed E-state index contributed by atoms with van der Waals surface area (Å²) in [5.74, 6) is 1.01. The van der Waals surface area contributed by atoms with Gasteiger partial charge in [-0.15, -0.1) is 5.10 Å². The first-order chi connectivity index (χ1) is 9.62. The Balaban J connectivity index is 2.33. The van der Waals surface area contributed by atoms with Gasteiger partial charge in [0.2, 0.25) is 0 Å². The van der Waals surface area contributed by atoms with E-state index in [0.717, 1.165) is 37.4 Å². The van der Waals surface area contributed by atoms with Crippen LogP contribution in [-0.4, -0.2) is 48.3 Å². The molecule has 1 aliphatic rings. The summed E-state index contributed by atoms with van der Waals surface area (Å²) in [5.41, 5.74) is 9.60. The molecule has 5 nitrogen and oxygen atoms in total. The normalized spacial score (nSPS) is 19.1. The third kappa shape index (κ3) is 2.79. The van der Waals surface area contributed by atoms with E-state index in [9.17, 15) is 0 Å². The highest BCUT2D eigenvalue weighted by Gasteiger charge is 2.27. The number of aromatic nitrogens is 2. The average Bonchev–Trinajstić information content (AvgIpc) is 2.95. The van der Waals surface area contributed by atoms with Crippen LogP contribution in [0.25, 0.3) is 0 Å². The van der Waals surface area contributed by atoms with Gasteiger partial charge in [0.1, 0.15) is 0 Å². The van der Waals surface area contributed by atoms with Crippen LogP contribution in [0.3, 0.4) is 0 Å². The standard InChI is InChI=1S/C15H27N5/c1-5-12-13(9-16)15(18-17-14(12)6-2)20-8-7-11(10-20)19(3)4/h11H,5-10,16H2,1-4H3. The highest BCUT2D eigenvalue weighted by molar-refractivity contribution is 5.52. The van der Waals surface area contributed by atoms with Crippen molar-refractivity contribution in [2.45, 2.75) is 45.7 Å². The minimum Gasteiger partial charge on any atom is -0.353 e. The van der Waals surface area contributed by atoms with E-state index in [4.69, 9.17) is 5.73 Å². The molecular weight excluding hydrogens is 250 g/mol. The zero-order chi connectivity index (χ0) is 14.7. The van der Waals surface area contributed by atoms with E-state index in [1.165, 1.54) is 17.5 Å². The minimum atomic E-state index is 0.546. The van der Waals surface area contributed by atoms with Crippen LogP contribution in [0.4, 0.5) is 5.82 Å². The van der Waals surface area contributed by atoms with Gasteiger partial charge in [0.25, 0.3) is 0 Å². The molecule has 0 aliphatic carbocycles. The van der Waals surface area contributed by atoms with Crippen molar-refractivity contribution in [2.75, 3.05) is 32.1 Å². The molecule has 1 atom stereocenters. The number of nitrogens with zero attached hydrogens (tertiary/aromatic N) is 4. The molecule has 2 heterocycles. The Morgan fingerprint density at radius 3 is 2.45 bits per heavy atom. The smallest absolute Gasteiger partial charge is 0.156 e. The third-order valence-corrected chi connectivity index (χ3v) is 4.33. The molecule has 0 saturated carbocycles. The maximum atomic E-state index is 6.01. The first-order valence-electron chi connectivity index (χ1n) is 7.61. The van der Waals surface area contributed by atoms with E-state index in [0.29, 0.717) is 12.6 Å². The molecule has 1 saturated heterocycles. The fourth-order valence-corrected chi connectivity index (χ4v) is 3.06. The third-order valence-electron chi connectivity index (χ3n) is 4.33. The highest BCUT2D eigenvalue weighted by atomic mass is 15.3. The molecule has 0 bridgehead atoms. The van der Waals surface area contributed by atoms with E-state index in [2.05, 4.69) is 47.9 Å². The zero-order valence-corrected chi connectivity index (χ0v) is 13.2. The van der Waals surface area contributed by atoms with E-state index >= 15 is 0 Å². The Bertz CT molecular complexity index is 458. The maximum absolute atomic E-state index is 6.01. The first kappa shape index (κ1) is 15.2. The summed E-state index contributed by atoms with van der Waals surface area (Å²) in [4.78, 5) is 4.63. The summed E-state index contributed by atoms with van der Waals surface area (Å²) < 4.78 is 0. The molecule has 0 aromatic carbocycles. The molecule has 1 aliphatic heterocycles. The Labute approximate surface area is 122 Å². The van der Waals surface area contributed by atoms with Crippen LogP contribution in [0.1, 0.15) is 37.1 Å². The largest absolute Gasteiger partial charge is 0.353 e. The van der Waals surface area contributed by atoms with Crippen LogP contribution in [0.2, 0.25) is 0 Å². The van der Waals surface area contributed by atoms with Gasteiger partial charge < -0.3 is 15.5 Å². The Morgan fingerprint density at radius 1 is 1.20 bits per heavy atom. The molecule has 112 valence electrons. The number of hydrogen-bond acceptors (Lipinski definition) is 5. The number of anilines is 1. The number of nitrogens with two attached hydrogens (primary N) is 1. The van der Waals surface area contributed by atoms with E-state index in [1.54, 1.807) is 0 Å². The lowest BCUT2D eigenvalue weighted by atomic mass is 10.0. The van der Waals surface area contributed by atoms with Crippen LogP contribution < -0.4 is 10.6 Å². The van der Waals surface area contributed by atoms with Gasteiger partial charge in [-0.3, -0.25) is 0 Å². The molecule has 1 unspecified atom stereocenters. The molecule has 0 spiro atoms. The van der Waals surface area contributed by atoms with Crippen LogP contribution in [0.5, 0.6) is 0 Å². The van der Waals surface area contributed by atoms with Crippen molar-refractivity contribution < 1.29 is 0 Å². The zero-order valence-electron chi connectivity index (χ0n) is 13.2. The predicted molar refractivity (Wildman–Crippen MR) is 83.0 cm³/mol. The van der Waals surface area contributed by atoms with Gasteiger partial charge in [-0.05, 0) is 38.9 Å². The second kappa shape index (κ2) is 6.50. The van der Waals surface area contributed by atoms with Crippen molar-refractivity contribution in [3.8, 4) is 0 Å². The van der Waals surface area contributed by atoms with Crippen molar-refractivity contribution in [2.24, 2.45) is 5.73 Å². The number of hydrogen-bond donors (Lipinski definition) is 1. The monoisotopic (exact) mass is 277 g/mol. The lowest BCUT2D eigenvalue weighted by Gasteiger charge is -2.24. The van der Waals surface area contributed by atoms with E-state index in [-0.39, 0.29) is 0 Å². The molecule has 0 radical (unpaired) electrons. The van der Waals surface area contributed by atoms with Crippen molar-refractivity contribution >= 4 is 5.82 Å². The number of likely N-dealkylation sites (N-methyl/N-ethyl adjacent to an activating group) is 1. The molecule has 0 amide bonds. The molecule has 1 aromatic rings. The second-order valence-electron chi connectivity index (χ2n) is 5.69. The van der Waals surface area contributed by atoms with E-state index in [1.807, 2.05) is 0 Å². The summed E-state index contributed by atoms with van der Waals surface area (Å²) in [6.45, 7) is 6.90. The Kier molecular flexibility index (Phi) is 4.94. The summed E-state index contributed by atoms with van der Waals surface area (Å²) in [7, 11) is 4.28. The van der Waals surface area contributed by atoms with Gasteiger partial charge in [-0.1, -0.05) is 13.8 Å². The topological polar surface area (TPSA) is 58.3 Å². The molecule has 2 N–H and O–H groups in total. The van der Waals surface area contributed by atoms with Gasteiger partial charge in [0.05, 0.1) is 5.69 Å². The molecule has 2 rings (SSSR count). The quantitative estimate of drug-likeness (QED) is 0.876. The SMILES string of the molecule is CCc1nnc(N2CCC(N(C)C)C2)c(CN)c1CC. The first-order valence-corrected chi connectivity index (χ1v) is 7.61. The average molecular weight is 277 g/mol. The van der Waals surface area contributed by atoms with Crippen molar-refractivity contribution in [3.63, 3.8) is 0 Å². The van der Waals surface area contributed by atoms with Gasteiger partial charge >= 0.3 is 0 Å². The van der Waals surface area contributed by atoms with Crippen LogP contribution in [0, 0.1) is 0 Å². The van der Waals surface area contributed by atoms with Crippen LogP contribution in [-0.2, 0) is 19.4 Å². The van der Waals surface area contributed by atoms with Crippen molar-refractivity contribution in [3.05, 3.63) is 16.8 Å². The number of rotatable bonds is 5. The van der Waals surface area contributed by atoms with Crippen molar-refractivity contribution in [1.82, 2.24) is 15.1 Å². The van der Waals surface area contributed by atoms with Gasteiger partial charge in [0.15, 0.2) is 5.82 Å².